The zero-order valence-electron chi connectivity index (χ0n) is 34.5. The van der Waals surface area contributed by atoms with Crippen LogP contribution in [0.5, 0.6) is 0 Å². The molecule has 0 unspecified atom stereocenters. The Morgan fingerprint density at radius 2 is 1.49 bits per heavy atom. The van der Waals surface area contributed by atoms with Gasteiger partial charge in [-0.25, -0.2) is 4.79 Å². The van der Waals surface area contributed by atoms with E-state index in [4.69, 9.17) is 37.9 Å². The Morgan fingerprint density at radius 1 is 0.780 bits per heavy atom. The number of cyclic esters (lactones) is 1. The Bertz CT molecular complexity index is 1530. The summed E-state index contributed by atoms with van der Waals surface area (Å²) in [7, 11) is 1.54. The second-order valence-electron chi connectivity index (χ2n) is 19.3. The van der Waals surface area contributed by atoms with Gasteiger partial charge < -0.3 is 78.7 Å². The molecule has 0 aromatic carbocycles. The van der Waals surface area contributed by atoms with Crippen LogP contribution < -0.4 is 0 Å². The van der Waals surface area contributed by atoms with E-state index in [2.05, 4.69) is 13.8 Å². The monoisotopic (exact) mass is 842 g/mol. The van der Waals surface area contributed by atoms with E-state index in [1.165, 1.54) is 0 Å². The van der Waals surface area contributed by atoms with Gasteiger partial charge in [-0.15, -0.1) is 0 Å². The molecule has 0 spiro atoms. The maximum absolute atomic E-state index is 12.6. The van der Waals surface area contributed by atoms with Crippen molar-refractivity contribution in [1.29, 1.82) is 0 Å². The van der Waals surface area contributed by atoms with Gasteiger partial charge >= 0.3 is 5.97 Å². The van der Waals surface area contributed by atoms with Gasteiger partial charge in [0, 0.05) is 25.0 Å². The summed E-state index contributed by atoms with van der Waals surface area (Å²) < 4.78 is 47.2. The number of ether oxygens (including phenoxy) is 8. The number of methoxy groups -OCH3 is 1. The number of carbonyl (C=O) groups is 1. The first kappa shape index (κ1) is 44.2. The molecule has 4 heterocycles. The van der Waals surface area contributed by atoms with Crippen molar-refractivity contribution < 1.29 is 83.5 Å². The van der Waals surface area contributed by atoms with Crippen molar-refractivity contribution in [2.75, 3.05) is 26.9 Å². The highest BCUT2D eigenvalue weighted by Gasteiger charge is 2.68. The van der Waals surface area contributed by atoms with Crippen LogP contribution in [0.15, 0.2) is 11.6 Å². The number of esters is 1. The van der Waals surface area contributed by atoms with Crippen LogP contribution in [0.25, 0.3) is 0 Å². The first-order chi connectivity index (χ1) is 28.0. The molecule has 4 aliphatic heterocycles. The molecule has 8 N–H and O–H groups in total. The Kier molecular flexibility index (Phi) is 12.7. The van der Waals surface area contributed by atoms with Crippen LogP contribution in [0, 0.1) is 34.5 Å². The van der Waals surface area contributed by atoms with E-state index in [0.29, 0.717) is 24.9 Å². The van der Waals surface area contributed by atoms with Crippen molar-refractivity contribution in [3.63, 3.8) is 0 Å². The van der Waals surface area contributed by atoms with Crippen LogP contribution in [0.2, 0.25) is 0 Å². The minimum atomic E-state index is -1.70. The van der Waals surface area contributed by atoms with Gasteiger partial charge in [0.15, 0.2) is 18.9 Å². The molecule has 17 heteroatoms. The molecule has 0 amide bonds. The molecule has 0 radical (unpaired) electrons. The van der Waals surface area contributed by atoms with Gasteiger partial charge in [-0.2, -0.15) is 0 Å². The fourth-order valence-corrected chi connectivity index (χ4v) is 12.9. The van der Waals surface area contributed by atoms with Crippen LogP contribution in [0.4, 0.5) is 0 Å². The van der Waals surface area contributed by atoms with Crippen LogP contribution >= 0.6 is 0 Å². The van der Waals surface area contributed by atoms with Gasteiger partial charge in [0.25, 0.3) is 0 Å². The van der Waals surface area contributed by atoms with Gasteiger partial charge in [-0.3, -0.25) is 0 Å². The van der Waals surface area contributed by atoms with Crippen LogP contribution in [-0.2, 0) is 42.7 Å². The maximum Gasteiger partial charge on any atom is 0.331 e. The molecular formula is C42H66O17. The molecule has 7 fully saturated rings. The average Bonchev–Trinajstić information content (AvgIpc) is 3.77. The minimum Gasteiger partial charge on any atom is -0.458 e. The van der Waals surface area contributed by atoms with E-state index in [-0.39, 0.29) is 34.7 Å². The van der Waals surface area contributed by atoms with E-state index in [1.54, 1.807) is 20.1 Å². The number of fused-ring (bicyclic) bond motifs is 5. The summed E-state index contributed by atoms with van der Waals surface area (Å²) in [5.41, 5.74) is 0.0761. The zero-order chi connectivity index (χ0) is 42.2. The summed E-state index contributed by atoms with van der Waals surface area (Å²) in [6.45, 7) is 5.69. The van der Waals surface area contributed by atoms with Crippen molar-refractivity contribution in [3.8, 4) is 0 Å². The zero-order valence-corrected chi connectivity index (χ0v) is 34.5. The normalized spacial score (nSPS) is 53.9. The van der Waals surface area contributed by atoms with Gasteiger partial charge in [-0.05, 0) is 99.4 Å². The predicted octanol–water partition coefficient (Wildman–Crippen LogP) is -0.212. The molecule has 17 nitrogen and oxygen atoms in total. The Labute approximate surface area is 344 Å². The summed E-state index contributed by atoms with van der Waals surface area (Å²) in [6, 6.07) is 0. The molecule has 22 atom stereocenters. The third-order valence-electron chi connectivity index (χ3n) is 16.4. The smallest absolute Gasteiger partial charge is 0.331 e. The molecule has 4 aliphatic carbocycles. The van der Waals surface area contributed by atoms with E-state index in [0.717, 1.165) is 63.4 Å². The summed E-state index contributed by atoms with van der Waals surface area (Å²) in [4.78, 5) is 12.0. The summed E-state index contributed by atoms with van der Waals surface area (Å²) in [5.74, 6) is 0.957. The van der Waals surface area contributed by atoms with Crippen LogP contribution in [-0.4, -0.2) is 171 Å². The Morgan fingerprint density at radius 3 is 2.19 bits per heavy atom. The number of hydrogen-bond acceptors (Lipinski definition) is 17. The lowest BCUT2D eigenvalue weighted by atomic mass is 9.43. The number of carbonyl (C=O) groups excluding carboxylic acids is 1. The van der Waals surface area contributed by atoms with Gasteiger partial charge in [0.2, 0.25) is 0 Å². The molecule has 0 aromatic heterocycles. The second kappa shape index (κ2) is 17.0. The molecule has 4 saturated carbocycles. The number of hydrogen-bond donors (Lipinski definition) is 8. The van der Waals surface area contributed by atoms with Gasteiger partial charge in [0.1, 0.15) is 61.5 Å². The molecule has 0 aromatic rings. The van der Waals surface area contributed by atoms with Gasteiger partial charge in [-0.1, -0.05) is 13.8 Å². The fraction of sp³-hybridized carbons (Fsp3) is 0.929. The molecule has 8 aliphatic rings. The topological polar surface area (TPSA) is 253 Å². The molecule has 0 bridgehead atoms. The van der Waals surface area contributed by atoms with Gasteiger partial charge in [0.05, 0.1) is 37.1 Å². The molecule has 336 valence electrons. The molecule has 59 heavy (non-hydrogen) atoms. The lowest BCUT2D eigenvalue weighted by molar-refractivity contribution is -0.355. The second-order valence-corrected chi connectivity index (χ2v) is 19.3. The molecule has 8 rings (SSSR count). The number of aliphatic hydroxyl groups excluding tert-OH is 7. The standard InChI is InChI=1S/C42H66O17/c1-19-37(59-39-36(50)34(48)32(46)28(58-39)18-54-38-35(49)33(47)31(45)27(16-43)57-38)26(52-4)15-30(55-19)56-22-7-10-40(2)21(14-22)5-6-25-24(40)8-11-41(3)23(9-12-42(25,41)51)20-13-29(44)53-17-20/h13,19,21-28,30-39,43,45-51H,5-12,14-18H2,1-4H3/t19-,21-,22+,23-,24+,25-,26-,27-,28-,30+,31-,32-,33+,34+,35-,36-,37+,38-,39+,40+,41-,42+/m1/s1. The van der Waals surface area contributed by atoms with Crippen molar-refractivity contribution in [2.24, 2.45) is 34.5 Å². The first-order valence-corrected chi connectivity index (χ1v) is 21.7. The SMILES string of the molecule is CO[C@@H]1C[C@H](O[C@H]2CC[C@@]3(C)[C@H](CC[C@@H]4[C@@H]3CC[C@]3(C)[C@@H](C5=CC(=O)OC5)CC[C@]43O)C2)O[C@H](C)[C@@H]1O[C@@H]1O[C@H](CO[C@@H]2O[C@H](CO)[C@@H](O)[C@H](O)[C@H]2O)[C@@H](O)[C@H](O)[C@H]1O. The van der Waals surface area contributed by atoms with E-state index >= 15 is 0 Å². The Hall–Kier alpha value is -1.39. The van der Waals surface area contributed by atoms with Crippen molar-refractivity contribution in [3.05, 3.63) is 11.6 Å². The molecule has 3 saturated heterocycles. The number of aliphatic hydroxyl groups is 8. The maximum atomic E-state index is 12.6. The van der Waals surface area contributed by atoms with E-state index < -0.39 is 105 Å². The Balaban J connectivity index is 0.857. The summed E-state index contributed by atoms with van der Waals surface area (Å²) >= 11 is 0. The third kappa shape index (κ3) is 7.64. The van der Waals surface area contributed by atoms with Crippen molar-refractivity contribution in [2.45, 2.75) is 183 Å². The molecular weight excluding hydrogens is 776 g/mol. The highest BCUT2D eigenvalue weighted by Crippen LogP contribution is 2.70. The predicted molar refractivity (Wildman–Crippen MR) is 202 cm³/mol. The van der Waals surface area contributed by atoms with Crippen molar-refractivity contribution >= 4 is 5.97 Å². The lowest BCUT2D eigenvalue weighted by Crippen LogP contribution is -2.63. The highest BCUT2D eigenvalue weighted by atomic mass is 16.8. The largest absolute Gasteiger partial charge is 0.458 e. The van der Waals surface area contributed by atoms with Crippen molar-refractivity contribution in [1.82, 2.24) is 0 Å². The van der Waals surface area contributed by atoms with Crippen LogP contribution in [0.1, 0.15) is 85.0 Å². The minimum absolute atomic E-state index is 0.0268. The quantitative estimate of drug-likeness (QED) is 0.105. The lowest BCUT2D eigenvalue weighted by Gasteiger charge is -2.64. The van der Waals surface area contributed by atoms with E-state index in [9.17, 15) is 45.6 Å². The summed E-state index contributed by atoms with van der Waals surface area (Å²) in [5, 5.41) is 85.0. The average molecular weight is 843 g/mol. The number of rotatable bonds is 10. The fourth-order valence-electron chi connectivity index (χ4n) is 12.9. The first-order valence-electron chi connectivity index (χ1n) is 21.7. The summed E-state index contributed by atoms with van der Waals surface area (Å²) in [6.07, 6.45) is -7.54. The highest BCUT2D eigenvalue weighted by molar-refractivity contribution is 5.85. The third-order valence-corrected chi connectivity index (χ3v) is 16.4. The van der Waals surface area contributed by atoms with E-state index in [1.807, 2.05) is 0 Å². The van der Waals surface area contributed by atoms with Crippen LogP contribution in [0.3, 0.4) is 0 Å².